The molecule has 0 aliphatic heterocycles. The molecule has 2 aromatic rings. The summed E-state index contributed by atoms with van der Waals surface area (Å²) in [6.45, 7) is 4.14. The zero-order valence-corrected chi connectivity index (χ0v) is 14.1. The molecular weight excluding hydrogens is 300 g/mol. The molecule has 0 N–H and O–H groups in total. The first-order chi connectivity index (χ1) is 10.2. The SMILES string of the molecule is Cc1c(SCCN(C)Cc2ccccc2)ccnc1CCl. The zero-order valence-electron chi connectivity index (χ0n) is 12.6. The Balaban J connectivity index is 1.81. The summed E-state index contributed by atoms with van der Waals surface area (Å²) in [7, 11) is 2.16. The van der Waals surface area contributed by atoms with Gasteiger partial charge < -0.3 is 4.90 Å². The molecule has 1 heterocycles. The Labute approximate surface area is 136 Å². The number of thioether (sulfide) groups is 1. The van der Waals surface area contributed by atoms with Crippen molar-refractivity contribution in [1.82, 2.24) is 9.88 Å². The number of alkyl halides is 1. The summed E-state index contributed by atoms with van der Waals surface area (Å²) in [4.78, 5) is 7.94. The number of hydrogen-bond donors (Lipinski definition) is 0. The number of rotatable bonds is 7. The third-order valence-electron chi connectivity index (χ3n) is 3.41. The van der Waals surface area contributed by atoms with Crippen molar-refractivity contribution in [1.29, 1.82) is 0 Å². The van der Waals surface area contributed by atoms with Crippen molar-refractivity contribution in [2.75, 3.05) is 19.3 Å². The van der Waals surface area contributed by atoms with Crippen LogP contribution in [0.15, 0.2) is 47.5 Å². The first-order valence-corrected chi connectivity index (χ1v) is 8.58. The molecule has 2 nitrogen and oxygen atoms in total. The maximum Gasteiger partial charge on any atom is 0.0650 e. The Kier molecular flexibility index (Phi) is 6.55. The van der Waals surface area contributed by atoms with Gasteiger partial charge in [-0.15, -0.1) is 23.4 Å². The van der Waals surface area contributed by atoms with Crippen molar-refractivity contribution in [3.63, 3.8) is 0 Å². The van der Waals surface area contributed by atoms with Crippen LogP contribution in [0.2, 0.25) is 0 Å². The number of halogens is 1. The van der Waals surface area contributed by atoms with Crippen LogP contribution in [0.1, 0.15) is 16.8 Å². The molecule has 0 bridgehead atoms. The van der Waals surface area contributed by atoms with Crippen LogP contribution in [0.5, 0.6) is 0 Å². The maximum absolute atomic E-state index is 5.90. The fourth-order valence-electron chi connectivity index (χ4n) is 2.14. The molecule has 0 radical (unpaired) electrons. The fourth-order valence-corrected chi connectivity index (χ4v) is 3.52. The predicted octanol–water partition coefficient (Wildman–Crippen LogP) is 4.35. The van der Waals surface area contributed by atoms with Gasteiger partial charge in [0.05, 0.1) is 11.6 Å². The standard InChI is InChI=1S/C17H21ClN2S/c1-14-16(12-18)19-9-8-17(14)21-11-10-20(2)13-15-6-4-3-5-7-15/h3-9H,10-13H2,1-2H3. The van der Waals surface area contributed by atoms with Gasteiger partial charge in [-0.2, -0.15) is 0 Å². The van der Waals surface area contributed by atoms with Crippen molar-refractivity contribution in [2.24, 2.45) is 0 Å². The van der Waals surface area contributed by atoms with E-state index in [0.717, 1.165) is 24.5 Å². The predicted molar refractivity (Wildman–Crippen MR) is 92.0 cm³/mol. The van der Waals surface area contributed by atoms with E-state index in [1.165, 1.54) is 16.0 Å². The summed E-state index contributed by atoms with van der Waals surface area (Å²) in [6.07, 6.45) is 1.85. The van der Waals surface area contributed by atoms with Gasteiger partial charge in [-0.05, 0) is 31.2 Å². The molecule has 0 saturated carbocycles. The highest BCUT2D eigenvalue weighted by atomic mass is 35.5. The summed E-state index contributed by atoms with van der Waals surface area (Å²) in [5.41, 5.74) is 3.55. The summed E-state index contributed by atoms with van der Waals surface area (Å²) in [5.74, 6) is 1.55. The average molecular weight is 321 g/mol. The second-order valence-electron chi connectivity index (χ2n) is 5.09. The Bertz CT molecular complexity index is 560. The van der Waals surface area contributed by atoms with Crippen LogP contribution in [-0.2, 0) is 12.4 Å². The van der Waals surface area contributed by atoms with Crippen LogP contribution in [0, 0.1) is 6.92 Å². The minimum absolute atomic E-state index is 0.480. The van der Waals surface area contributed by atoms with Gasteiger partial charge >= 0.3 is 0 Å². The lowest BCUT2D eigenvalue weighted by atomic mass is 10.2. The smallest absolute Gasteiger partial charge is 0.0650 e. The van der Waals surface area contributed by atoms with Gasteiger partial charge in [0.15, 0.2) is 0 Å². The molecule has 1 aromatic carbocycles. The lowest BCUT2D eigenvalue weighted by molar-refractivity contribution is 0.348. The summed E-state index contributed by atoms with van der Waals surface area (Å²) >= 11 is 7.77. The van der Waals surface area contributed by atoms with E-state index in [-0.39, 0.29) is 0 Å². The molecule has 2 rings (SSSR count). The minimum atomic E-state index is 0.480. The van der Waals surface area contributed by atoms with E-state index < -0.39 is 0 Å². The molecule has 0 amide bonds. The van der Waals surface area contributed by atoms with Gasteiger partial charge in [0.25, 0.3) is 0 Å². The van der Waals surface area contributed by atoms with Gasteiger partial charge in [-0.25, -0.2) is 0 Å². The zero-order chi connectivity index (χ0) is 15.1. The van der Waals surface area contributed by atoms with Crippen LogP contribution < -0.4 is 0 Å². The summed E-state index contributed by atoms with van der Waals surface area (Å²) in [5, 5.41) is 0. The molecule has 4 heteroatoms. The molecule has 1 aromatic heterocycles. The third kappa shape index (κ3) is 5.03. The monoisotopic (exact) mass is 320 g/mol. The molecular formula is C17H21ClN2S. The lowest BCUT2D eigenvalue weighted by Gasteiger charge is -2.17. The highest BCUT2D eigenvalue weighted by Crippen LogP contribution is 2.24. The molecule has 0 spiro atoms. The van der Waals surface area contributed by atoms with Crippen LogP contribution in [0.3, 0.4) is 0 Å². The number of pyridine rings is 1. The molecule has 0 atom stereocenters. The highest BCUT2D eigenvalue weighted by molar-refractivity contribution is 7.99. The first kappa shape index (κ1) is 16.3. The quantitative estimate of drug-likeness (QED) is 0.557. The van der Waals surface area contributed by atoms with Crippen LogP contribution >= 0.6 is 23.4 Å². The topological polar surface area (TPSA) is 16.1 Å². The summed E-state index contributed by atoms with van der Waals surface area (Å²) < 4.78 is 0. The van der Waals surface area contributed by atoms with Gasteiger partial charge in [-0.3, -0.25) is 4.98 Å². The van der Waals surface area contributed by atoms with E-state index in [0.29, 0.717) is 5.88 Å². The fraction of sp³-hybridized carbons (Fsp3) is 0.353. The molecule has 0 fully saturated rings. The Hall–Kier alpha value is -1.03. The van der Waals surface area contributed by atoms with Crippen LogP contribution in [-0.4, -0.2) is 29.2 Å². The van der Waals surface area contributed by atoms with Crippen molar-refractivity contribution >= 4 is 23.4 Å². The Morgan fingerprint density at radius 3 is 2.67 bits per heavy atom. The van der Waals surface area contributed by atoms with E-state index >= 15 is 0 Å². The maximum atomic E-state index is 5.90. The van der Waals surface area contributed by atoms with E-state index in [1.807, 2.05) is 18.0 Å². The van der Waals surface area contributed by atoms with Gasteiger partial charge in [0, 0.05) is 29.9 Å². The Morgan fingerprint density at radius 1 is 1.19 bits per heavy atom. The van der Waals surface area contributed by atoms with E-state index in [9.17, 15) is 0 Å². The van der Waals surface area contributed by atoms with Gasteiger partial charge in [-0.1, -0.05) is 30.3 Å². The molecule has 0 saturated heterocycles. The van der Waals surface area contributed by atoms with Crippen molar-refractivity contribution in [3.8, 4) is 0 Å². The average Bonchev–Trinajstić information content (AvgIpc) is 2.50. The lowest BCUT2D eigenvalue weighted by Crippen LogP contribution is -2.20. The number of aromatic nitrogens is 1. The second-order valence-corrected chi connectivity index (χ2v) is 6.49. The summed E-state index contributed by atoms with van der Waals surface area (Å²) in [6, 6.07) is 12.7. The first-order valence-electron chi connectivity index (χ1n) is 7.06. The van der Waals surface area contributed by atoms with Crippen molar-refractivity contribution in [3.05, 3.63) is 59.4 Å². The third-order valence-corrected chi connectivity index (χ3v) is 4.80. The largest absolute Gasteiger partial charge is 0.301 e. The Morgan fingerprint density at radius 2 is 1.95 bits per heavy atom. The van der Waals surface area contributed by atoms with Gasteiger partial charge in [0.1, 0.15) is 0 Å². The molecule has 0 aliphatic carbocycles. The minimum Gasteiger partial charge on any atom is -0.301 e. The van der Waals surface area contributed by atoms with Crippen molar-refractivity contribution < 1.29 is 0 Å². The molecule has 0 unspecified atom stereocenters. The van der Waals surface area contributed by atoms with Crippen LogP contribution in [0.4, 0.5) is 0 Å². The highest BCUT2D eigenvalue weighted by Gasteiger charge is 2.06. The molecule has 0 aliphatic rings. The van der Waals surface area contributed by atoms with E-state index in [2.05, 4.69) is 60.3 Å². The van der Waals surface area contributed by atoms with E-state index in [4.69, 9.17) is 11.6 Å². The molecule has 112 valence electrons. The normalized spacial score (nSPS) is 11.0. The number of benzene rings is 1. The van der Waals surface area contributed by atoms with Crippen molar-refractivity contribution in [2.45, 2.75) is 24.2 Å². The molecule has 21 heavy (non-hydrogen) atoms. The number of nitrogens with zero attached hydrogens (tertiary/aromatic N) is 2. The van der Waals surface area contributed by atoms with E-state index in [1.54, 1.807) is 0 Å². The van der Waals surface area contributed by atoms with Gasteiger partial charge in [0.2, 0.25) is 0 Å². The number of hydrogen-bond acceptors (Lipinski definition) is 3. The second kappa shape index (κ2) is 8.42. The van der Waals surface area contributed by atoms with Crippen LogP contribution in [0.25, 0.3) is 0 Å².